The van der Waals surface area contributed by atoms with Crippen LogP contribution in [0, 0.1) is 0 Å². The van der Waals surface area contributed by atoms with E-state index in [0.717, 1.165) is 67.0 Å². The second-order valence-corrected chi connectivity index (χ2v) is 13.7. The molecule has 2 heterocycles. The summed E-state index contributed by atoms with van der Waals surface area (Å²) in [5.74, 6) is 1.88. The highest BCUT2D eigenvalue weighted by Crippen LogP contribution is 2.41. The number of para-hydroxylation sites is 5. The first-order chi connectivity index (χ1) is 27.8. The molecule has 10 aromatic rings. The van der Waals surface area contributed by atoms with Gasteiger partial charge in [-0.25, -0.2) is 15.0 Å². The van der Waals surface area contributed by atoms with Crippen molar-refractivity contribution in [2.45, 2.75) is 0 Å². The summed E-state index contributed by atoms with van der Waals surface area (Å²) in [5, 5.41) is 2.33. The van der Waals surface area contributed by atoms with Crippen LogP contribution in [0.4, 0.5) is 17.1 Å². The van der Waals surface area contributed by atoms with Crippen LogP contribution in [0.2, 0.25) is 0 Å². The summed E-state index contributed by atoms with van der Waals surface area (Å²) in [6, 6.07) is 73.9. The monoisotopic (exact) mass is 717 g/mol. The third kappa shape index (κ3) is 6.07. The fourth-order valence-corrected chi connectivity index (χ4v) is 7.61. The van der Waals surface area contributed by atoms with Crippen LogP contribution in [0.1, 0.15) is 0 Å². The zero-order chi connectivity index (χ0) is 37.3. The van der Waals surface area contributed by atoms with Gasteiger partial charge in [-0.15, -0.1) is 0 Å². The van der Waals surface area contributed by atoms with Gasteiger partial charge in [-0.1, -0.05) is 146 Å². The molecular weight excluding hydrogens is 683 g/mol. The highest BCUT2D eigenvalue weighted by Gasteiger charge is 2.19. The minimum absolute atomic E-state index is 0.621. The van der Waals surface area contributed by atoms with Gasteiger partial charge in [0.05, 0.1) is 16.7 Å². The smallest absolute Gasteiger partial charge is 0.164 e. The van der Waals surface area contributed by atoms with Crippen molar-refractivity contribution in [1.82, 2.24) is 19.5 Å². The van der Waals surface area contributed by atoms with E-state index in [4.69, 9.17) is 15.0 Å². The minimum Gasteiger partial charge on any atom is -0.310 e. The fourth-order valence-electron chi connectivity index (χ4n) is 7.61. The Labute approximate surface area is 325 Å². The lowest BCUT2D eigenvalue weighted by atomic mass is 10.00. The van der Waals surface area contributed by atoms with Crippen molar-refractivity contribution in [3.05, 3.63) is 212 Å². The van der Waals surface area contributed by atoms with E-state index in [1.54, 1.807) is 0 Å². The van der Waals surface area contributed by atoms with Crippen LogP contribution < -0.4 is 4.90 Å². The van der Waals surface area contributed by atoms with E-state index >= 15 is 0 Å². The molecule has 0 aliphatic carbocycles. The first-order valence-electron chi connectivity index (χ1n) is 18.8. The van der Waals surface area contributed by atoms with Crippen molar-refractivity contribution < 1.29 is 0 Å². The molecule has 0 saturated heterocycles. The Morgan fingerprint density at radius 3 is 1.46 bits per heavy atom. The van der Waals surface area contributed by atoms with Crippen molar-refractivity contribution in [3.8, 4) is 51.0 Å². The zero-order valence-electron chi connectivity index (χ0n) is 30.4. The average Bonchev–Trinajstić information content (AvgIpc) is 3.62. The maximum absolute atomic E-state index is 5.14. The number of benzene rings is 8. The van der Waals surface area contributed by atoms with Gasteiger partial charge in [-0.2, -0.15) is 0 Å². The highest BCUT2D eigenvalue weighted by atomic mass is 15.1. The molecular formula is C51H35N5. The van der Waals surface area contributed by atoms with Gasteiger partial charge in [0.2, 0.25) is 0 Å². The molecule has 0 spiro atoms. The van der Waals surface area contributed by atoms with Gasteiger partial charge in [0, 0.05) is 50.1 Å². The summed E-state index contributed by atoms with van der Waals surface area (Å²) in [5.41, 5.74) is 11.7. The minimum atomic E-state index is 0.621. The number of aromatic nitrogens is 4. The predicted octanol–water partition coefficient (Wildman–Crippen LogP) is 13.1. The largest absolute Gasteiger partial charge is 0.310 e. The third-order valence-corrected chi connectivity index (χ3v) is 10.2. The molecule has 0 atom stereocenters. The maximum Gasteiger partial charge on any atom is 0.164 e. The first-order valence-corrected chi connectivity index (χ1v) is 18.8. The van der Waals surface area contributed by atoms with Gasteiger partial charge < -0.3 is 9.47 Å². The van der Waals surface area contributed by atoms with Crippen LogP contribution in [0.15, 0.2) is 212 Å². The second-order valence-electron chi connectivity index (χ2n) is 13.7. The Kier molecular flexibility index (Phi) is 8.43. The van der Waals surface area contributed by atoms with Gasteiger partial charge in [0.1, 0.15) is 0 Å². The van der Waals surface area contributed by atoms with Crippen molar-refractivity contribution in [1.29, 1.82) is 0 Å². The molecule has 0 saturated carbocycles. The Bertz CT molecular complexity index is 2900. The van der Waals surface area contributed by atoms with Crippen LogP contribution in [0.25, 0.3) is 72.8 Å². The Morgan fingerprint density at radius 1 is 0.339 bits per heavy atom. The van der Waals surface area contributed by atoms with Gasteiger partial charge in [0.15, 0.2) is 17.5 Å². The average molecular weight is 718 g/mol. The molecule has 0 aliphatic heterocycles. The number of hydrogen-bond acceptors (Lipinski definition) is 4. The van der Waals surface area contributed by atoms with Crippen molar-refractivity contribution in [2.24, 2.45) is 0 Å². The zero-order valence-corrected chi connectivity index (χ0v) is 30.4. The molecule has 8 aromatic carbocycles. The van der Waals surface area contributed by atoms with Crippen molar-refractivity contribution >= 4 is 38.9 Å². The second kappa shape index (κ2) is 14.3. The van der Waals surface area contributed by atoms with Gasteiger partial charge in [-0.3, -0.25) is 0 Å². The molecule has 264 valence electrons. The summed E-state index contributed by atoms with van der Waals surface area (Å²) in [4.78, 5) is 17.6. The van der Waals surface area contributed by atoms with Gasteiger partial charge >= 0.3 is 0 Å². The standard InChI is InChI=1S/C51H35N5/c1-5-17-37(18-6-1)49-52-50(54-51(53-49)39-33-34-48-45(35-39)44-26-14-16-28-47(44)56(48)42-23-11-4-12-24-42)38-31-29-36(30-32-38)43-25-13-15-27-46(43)55(40-19-7-2-8-20-40)41-21-9-3-10-22-41/h1-35H. The number of hydrogen-bond donors (Lipinski definition) is 0. The molecule has 2 aromatic heterocycles. The molecule has 56 heavy (non-hydrogen) atoms. The normalized spacial score (nSPS) is 11.2. The van der Waals surface area contributed by atoms with Crippen LogP contribution in [-0.2, 0) is 0 Å². The number of rotatable bonds is 8. The van der Waals surface area contributed by atoms with Crippen molar-refractivity contribution in [3.63, 3.8) is 0 Å². The third-order valence-electron chi connectivity index (χ3n) is 10.2. The summed E-state index contributed by atoms with van der Waals surface area (Å²) in [7, 11) is 0. The lowest BCUT2D eigenvalue weighted by Gasteiger charge is -2.27. The van der Waals surface area contributed by atoms with E-state index < -0.39 is 0 Å². The van der Waals surface area contributed by atoms with E-state index in [2.05, 4.69) is 191 Å². The van der Waals surface area contributed by atoms with E-state index in [1.807, 2.05) is 30.3 Å². The Balaban J connectivity index is 1.08. The summed E-state index contributed by atoms with van der Waals surface area (Å²) in [6.45, 7) is 0. The molecule has 10 rings (SSSR count). The predicted molar refractivity (Wildman–Crippen MR) is 231 cm³/mol. The number of anilines is 3. The molecule has 0 N–H and O–H groups in total. The van der Waals surface area contributed by atoms with Crippen LogP contribution in [0.5, 0.6) is 0 Å². The maximum atomic E-state index is 5.14. The first kappa shape index (κ1) is 33.0. The topological polar surface area (TPSA) is 46.8 Å². The van der Waals surface area contributed by atoms with Crippen LogP contribution in [0.3, 0.4) is 0 Å². The molecule has 0 radical (unpaired) electrons. The summed E-state index contributed by atoms with van der Waals surface area (Å²) in [6.07, 6.45) is 0. The molecule has 0 aliphatic rings. The molecule has 5 nitrogen and oxygen atoms in total. The van der Waals surface area contributed by atoms with E-state index in [-0.39, 0.29) is 0 Å². The Morgan fingerprint density at radius 2 is 0.804 bits per heavy atom. The molecule has 0 fully saturated rings. The Hall–Kier alpha value is -7.63. The molecule has 5 heteroatoms. The summed E-state index contributed by atoms with van der Waals surface area (Å²) < 4.78 is 2.32. The van der Waals surface area contributed by atoms with Gasteiger partial charge in [0.25, 0.3) is 0 Å². The number of fused-ring (bicyclic) bond motifs is 3. The summed E-state index contributed by atoms with van der Waals surface area (Å²) >= 11 is 0. The highest BCUT2D eigenvalue weighted by molar-refractivity contribution is 6.10. The van der Waals surface area contributed by atoms with Crippen LogP contribution >= 0.6 is 0 Å². The molecule has 0 amide bonds. The quantitative estimate of drug-likeness (QED) is 0.157. The van der Waals surface area contributed by atoms with Crippen LogP contribution in [-0.4, -0.2) is 19.5 Å². The van der Waals surface area contributed by atoms with E-state index in [1.165, 1.54) is 5.39 Å². The molecule has 0 bridgehead atoms. The van der Waals surface area contributed by atoms with Crippen molar-refractivity contribution in [2.75, 3.05) is 4.90 Å². The van der Waals surface area contributed by atoms with E-state index in [0.29, 0.717) is 17.5 Å². The fraction of sp³-hybridized carbons (Fsp3) is 0. The van der Waals surface area contributed by atoms with Gasteiger partial charge in [-0.05, 0) is 72.3 Å². The van der Waals surface area contributed by atoms with E-state index in [9.17, 15) is 0 Å². The lowest BCUT2D eigenvalue weighted by molar-refractivity contribution is 1.07. The molecule has 0 unspecified atom stereocenters. The lowest BCUT2D eigenvalue weighted by Crippen LogP contribution is -2.10. The number of nitrogens with zero attached hydrogens (tertiary/aromatic N) is 5. The SMILES string of the molecule is c1ccc(-c2nc(-c3ccc(-c4ccccc4N(c4ccccc4)c4ccccc4)cc3)nc(-c3ccc4c(c3)c3ccccc3n4-c3ccccc3)n2)cc1.